The standard InChI is InChI=1S/C8H17N.2V/c1-4-7-8-9(5-2)6-3;;/h2-8H2,1H3;;/q-2;;. The first kappa shape index (κ1) is 18.0. The number of unbranched alkanes of at least 4 members (excludes halogenated alkanes) is 1. The first-order valence-corrected chi connectivity index (χ1v) is 3.66. The summed E-state index contributed by atoms with van der Waals surface area (Å²) in [5.41, 5.74) is 0. The van der Waals surface area contributed by atoms with Crippen LogP contribution in [0.3, 0.4) is 0 Å². The summed E-state index contributed by atoms with van der Waals surface area (Å²) in [4.78, 5) is 2.24. The number of nitrogens with zero attached hydrogens (tertiary/aromatic N) is 1. The summed E-state index contributed by atoms with van der Waals surface area (Å²) in [6.45, 7) is 12.7. The van der Waals surface area contributed by atoms with Crippen molar-refractivity contribution in [2.75, 3.05) is 19.6 Å². The molecule has 0 aliphatic carbocycles. The van der Waals surface area contributed by atoms with Gasteiger partial charge in [0.2, 0.25) is 0 Å². The third kappa shape index (κ3) is 11.1. The molecule has 0 amide bonds. The van der Waals surface area contributed by atoms with Gasteiger partial charge in [-0.2, -0.15) is 0 Å². The molecule has 0 saturated heterocycles. The SMILES string of the molecule is [CH2-]CN(C[CH2-])CCCC.[V].[V]. The monoisotopic (exact) mass is 229 g/mol. The van der Waals surface area contributed by atoms with Crippen LogP contribution in [0.4, 0.5) is 0 Å². The molecule has 0 saturated carbocycles. The Hall–Kier alpha value is 1.13. The van der Waals surface area contributed by atoms with Gasteiger partial charge in [0, 0.05) is 37.1 Å². The van der Waals surface area contributed by atoms with Gasteiger partial charge in [0.1, 0.15) is 0 Å². The molecule has 3 heteroatoms. The van der Waals surface area contributed by atoms with Crippen molar-refractivity contribution in [2.24, 2.45) is 0 Å². The van der Waals surface area contributed by atoms with Crippen LogP contribution in [0.25, 0.3) is 0 Å². The normalized spacial score (nSPS) is 8.73. The molecule has 0 N–H and O–H groups in total. The predicted octanol–water partition coefficient (Wildman–Crippen LogP) is 1.75. The maximum atomic E-state index is 3.80. The van der Waals surface area contributed by atoms with Gasteiger partial charge >= 0.3 is 0 Å². The number of rotatable bonds is 5. The summed E-state index contributed by atoms with van der Waals surface area (Å²) >= 11 is 0. The molecule has 0 heterocycles. The van der Waals surface area contributed by atoms with Gasteiger partial charge in [-0.1, -0.05) is 13.3 Å². The molecule has 0 fully saturated rings. The molecule has 0 aliphatic rings. The molecule has 0 unspecified atom stereocenters. The van der Waals surface area contributed by atoms with Gasteiger partial charge in [0.05, 0.1) is 0 Å². The minimum atomic E-state index is 0. The van der Waals surface area contributed by atoms with E-state index in [0.717, 1.165) is 19.6 Å². The topological polar surface area (TPSA) is 3.24 Å². The fourth-order valence-electron chi connectivity index (χ4n) is 0.717. The van der Waals surface area contributed by atoms with Crippen LogP contribution in [0.5, 0.6) is 0 Å². The van der Waals surface area contributed by atoms with Gasteiger partial charge < -0.3 is 18.7 Å². The average molecular weight is 229 g/mol. The Balaban J connectivity index is -0.000000320. The smallest absolute Gasteiger partial charge is 0 e. The third-order valence-electron chi connectivity index (χ3n) is 1.46. The molecule has 0 bridgehead atoms. The van der Waals surface area contributed by atoms with E-state index >= 15 is 0 Å². The quantitative estimate of drug-likeness (QED) is 0.649. The second-order valence-corrected chi connectivity index (χ2v) is 2.20. The first-order valence-electron chi connectivity index (χ1n) is 3.66. The van der Waals surface area contributed by atoms with Gasteiger partial charge in [0.15, 0.2) is 0 Å². The molecule has 11 heavy (non-hydrogen) atoms. The molecule has 66 valence electrons. The summed E-state index contributed by atoms with van der Waals surface area (Å²) < 4.78 is 0. The second-order valence-electron chi connectivity index (χ2n) is 2.20. The molecule has 1 nitrogen and oxygen atoms in total. The number of hydrogen-bond acceptors (Lipinski definition) is 1. The molecule has 0 aromatic heterocycles. The van der Waals surface area contributed by atoms with E-state index in [0.29, 0.717) is 0 Å². The van der Waals surface area contributed by atoms with Crippen molar-refractivity contribution >= 4 is 0 Å². The van der Waals surface area contributed by atoms with E-state index in [-0.39, 0.29) is 37.1 Å². The molecule has 0 aromatic rings. The summed E-state index contributed by atoms with van der Waals surface area (Å²) in [5.74, 6) is 0. The fraction of sp³-hybridized carbons (Fsp3) is 0.750. The van der Waals surface area contributed by atoms with E-state index in [1.165, 1.54) is 12.8 Å². The van der Waals surface area contributed by atoms with E-state index in [1.807, 2.05) is 0 Å². The third-order valence-corrected chi connectivity index (χ3v) is 1.46. The van der Waals surface area contributed by atoms with E-state index in [9.17, 15) is 0 Å². The van der Waals surface area contributed by atoms with Crippen LogP contribution < -0.4 is 0 Å². The molecule has 0 atom stereocenters. The fourth-order valence-corrected chi connectivity index (χ4v) is 0.717. The molecule has 0 aromatic carbocycles. The Labute approximate surface area is 95.1 Å². The Bertz CT molecular complexity index is 56.1. The zero-order valence-corrected chi connectivity index (χ0v) is 10.1. The largest absolute Gasteiger partial charge is 0.363 e. The van der Waals surface area contributed by atoms with Gasteiger partial charge in [-0.05, 0) is 13.0 Å². The van der Waals surface area contributed by atoms with Gasteiger partial charge in [-0.15, -0.1) is 13.1 Å². The predicted molar refractivity (Wildman–Crippen MR) is 42.1 cm³/mol. The molecular formula is C8H17NV2-2. The molecule has 0 spiro atoms. The summed E-state index contributed by atoms with van der Waals surface area (Å²) in [6.07, 6.45) is 2.53. The molecule has 0 aliphatic heterocycles. The Morgan fingerprint density at radius 2 is 1.55 bits per heavy atom. The minimum absolute atomic E-state index is 0. The van der Waals surface area contributed by atoms with Crippen LogP contribution in [0.2, 0.25) is 0 Å². The van der Waals surface area contributed by atoms with Crippen molar-refractivity contribution in [1.29, 1.82) is 0 Å². The Morgan fingerprint density at radius 3 is 1.82 bits per heavy atom. The minimum Gasteiger partial charge on any atom is -0.363 e. The van der Waals surface area contributed by atoms with Crippen molar-refractivity contribution in [3.05, 3.63) is 13.8 Å². The Morgan fingerprint density at radius 1 is 1.09 bits per heavy atom. The van der Waals surface area contributed by atoms with E-state index < -0.39 is 0 Å². The number of hydrogen-bond donors (Lipinski definition) is 0. The van der Waals surface area contributed by atoms with Gasteiger partial charge in [-0.3, -0.25) is 0 Å². The van der Waals surface area contributed by atoms with Crippen LogP contribution in [0.1, 0.15) is 19.8 Å². The molecule has 2 radical (unpaired) electrons. The van der Waals surface area contributed by atoms with E-state index in [1.54, 1.807) is 0 Å². The maximum Gasteiger partial charge on any atom is 0 e. The summed E-state index contributed by atoms with van der Waals surface area (Å²) in [6, 6.07) is 0. The average Bonchev–Trinajstić information content (AvgIpc) is 1.91. The van der Waals surface area contributed by atoms with Crippen molar-refractivity contribution in [2.45, 2.75) is 19.8 Å². The van der Waals surface area contributed by atoms with E-state index in [2.05, 4.69) is 25.7 Å². The second kappa shape index (κ2) is 13.7. The first-order chi connectivity index (χ1) is 4.35. The maximum absolute atomic E-state index is 3.80. The summed E-state index contributed by atoms with van der Waals surface area (Å²) in [7, 11) is 0. The Kier molecular flexibility index (Phi) is 22.5. The van der Waals surface area contributed by atoms with Crippen LogP contribution in [-0.2, 0) is 37.1 Å². The zero-order valence-electron chi connectivity index (χ0n) is 7.29. The van der Waals surface area contributed by atoms with Crippen LogP contribution in [0.15, 0.2) is 0 Å². The van der Waals surface area contributed by atoms with Crippen molar-refractivity contribution < 1.29 is 37.1 Å². The van der Waals surface area contributed by atoms with E-state index in [4.69, 9.17) is 0 Å². The zero-order chi connectivity index (χ0) is 7.11. The van der Waals surface area contributed by atoms with Crippen LogP contribution >= 0.6 is 0 Å². The summed E-state index contributed by atoms with van der Waals surface area (Å²) in [5, 5.41) is 0. The van der Waals surface area contributed by atoms with Gasteiger partial charge in [-0.25, -0.2) is 0 Å². The molecular weight excluding hydrogens is 212 g/mol. The van der Waals surface area contributed by atoms with Crippen molar-refractivity contribution in [3.8, 4) is 0 Å². The van der Waals surface area contributed by atoms with Crippen molar-refractivity contribution in [1.82, 2.24) is 4.90 Å². The van der Waals surface area contributed by atoms with Crippen molar-refractivity contribution in [3.63, 3.8) is 0 Å². The molecule has 0 rings (SSSR count). The van der Waals surface area contributed by atoms with Crippen LogP contribution in [-0.4, -0.2) is 24.5 Å². The van der Waals surface area contributed by atoms with Crippen LogP contribution in [0, 0.1) is 13.8 Å². The van der Waals surface area contributed by atoms with Gasteiger partial charge in [0.25, 0.3) is 0 Å².